The summed E-state index contributed by atoms with van der Waals surface area (Å²) in [5.74, 6) is -1.80. The Morgan fingerprint density at radius 1 is 0.844 bits per heavy atom. The van der Waals surface area contributed by atoms with Crippen molar-refractivity contribution in [2.75, 3.05) is 11.9 Å². The van der Waals surface area contributed by atoms with Gasteiger partial charge in [0.25, 0.3) is 5.91 Å². The Balaban J connectivity index is 1.38. The number of nitrogens with one attached hydrogen (secondary N) is 1. The van der Waals surface area contributed by atoms with Crippen LogP contribution in [-0.4, -0.2) is 30.0 Å². The van der Waals surface area contributed by atoms with Crippen LogP contribution in [0, 0.1) is 0 Å². The molecule has 0 fully saturated rings. The van der Waals surface area contributed by atoms with E-state index >= 15 is 0 Å². The number of ether oxygens (including phenoxy) is 1. The Kier molecular flexibility index (Phi) is 5.96. The van der Waals surface area contributed by atoms with Crippen molar-refractivity contribution in [2.24, 2.45) is 0 Å². The molecule has 1 aliphatic rings. The Hall–Kier alpha value is -4.03. The van der Waals surface area contributed by atoms with Crippen molar-refractivity contribution in [3.63, 3.8) is 0 Å². The number of ketones is 2. The third-order valence-corrected chi connectivity index (χ3v) is 5.05. The van der Waals surface area contributed by atoms with Crippen molar-refractivity contribution >= 4 is 46.8 Å². The molecule has 1 aliphatic carbocycles. The molecule has 0 aromatic heterocycles. The molecule has 0 saturated carbocycles. The largest absolute Gasteiger partial charge is 0.452 e. The van der Waals surface area contributed by atoms with Crippen LogP contribution in [0.15, 0.2) is 72.8 Å². The molecule has 4 rings (SSSR count). The third-order valence-electron chi connectivity index (χ3n) is 4.81. The van der Waals surface area contributed by atoms with Gasteiger partial charge in [0.05, 0.1) is 0 Å². The van der Waals surface area contributed by atoms with Crippen LogP contribution in [0.2, 0.25) is 5.02 Å². The molecule has 6 nitrogen and oxygen atoms in total. The molecular formula is C25H16ClNO5. The molecule has 0 spiro atoms. The first-order valence-electron chi connectivity index (χ1n) is 9.65. The molecule has 0 heterocycles. The summed E-state index contributed by atoms with van der Waals surface area (Å²) in [4.78, 5) is 49.4. The van der Waals surface area contributed by atoms with Crippen molar-refractivity contribution in [3.8, 4) is 0 Å². The highest BCUT2D eigenvalue weighted by molar-refractivity contribution is 6.30. The van der Waals surface area contributed by atoms with Gasteiger partial charge in [-0.25, -0.2) is 4.79 Å². The molecule has 3 aromatic carbocycles. The Morgan fingerprint density at radius 2 is 1.53 bits per heavy atom. The number of fused-ring (bicyclic) bond motifs is 2. The van der Waals surface area contributed by atoms with E-state index in [1.807, 2.05) is 0 Å². The summed E-state index contributed by atoms with van der Waals surface area (Å²) < 4.78 is 4.93. The van der Waals surface area contributed by atoms with Crippen LogP contribution in [0.5, 0.6) is 0 Å². The number of hydrogen-bond donors (Lipinski definition) is 1. The Morgan fingerprint density at radius 3 is 2.25 bits per heavy atom. The Labute approximate surface area is 188 Å². The number of esters is 1. The van der Waals surface area contributed by atoms with Crippen molar-refractivity contribution in [2.45, 2.75) is 0 Å². The van der Waals surface area contributed by atoms with Crippen molar-refractivity contribution in [3.05, 3.63) is 106 Å². The number of amides is 1. The average molecular weight is 446 g/mol. The summed E-state index contributed by atoms with van der Waals surface area (Å²) in [6.45, 7) is -0.508. The monoisotopic (exact) mass is 445 g/mol. The van der Waals surface area contributed by atoms with Crippen LogP contribution in [0.25, 0.3) is 6.08 Å². The van der Waals surface area contributed by atoms with Crippen molar-refractivity contribution < 1.29 is 23.9 Å². The van der Waals surface area contributed by atoms with Crippen molar-refractivity contribution in [1.82, 2.24) is 0 Å². The highest BCUT2D eigenvalue weighted by atomic mass is 35.5. The molecular weight excluding hydrogens is 430 g/mol. The average Bonchev–Trinajstić information content (AvgIpc) is 2.80. The molecule has 0 aliphatic heterocycles. The second-order valence-electron chi connectivity index (χ2n) is 7.01. The lowest BCUT2D eigenvalue weighted by molar-refractivity contribution is -0.142. The van der Waals surface area contributed by atoms with Crippen LogP contribution >= 0.6 is 11.6 Å². The summed E-state index contributed by atoms with van der Waals surface area (Å²) in [6, 6.07) is 18.0. The SMILES string of the molecule is O=C(COC(=O)C=Cc1cccc(Cl)c1)Nc1ccc2c(c1)C(=O)c1ccccc1C2=O. The van der Waals surface area contributed by atoms with E-state index in [1.165, 1.54) is 30.4 Å². The van der Waals surface area contributed by atoms with Gasteiger partial charge in [-0.2, -0.15) is 0 Å². The summed E-state index contributed by atoms with van der Waals surface area (Å²) in [5, 5.41) is 3.10. The molecule has 32 heavy (non-hydrogen) atoms. The fourth-order valence-corrected chi connectivity index (χ4v) is 3.53. The molecule has 7 heteroatoms. The standard InChI is InChI=1S/C25H16ClNO5/c26-16-5-3-4-15(12-16)8-11-23(29)32-14-22(28)27-17-9-10-20-21(13-17)25(31)19-7-2-1-6-18(19)24(20)30/h1-13H,14H2,(H,27,28). The minimum absolute atomic E-state index is 0.216. The van der Waals surface area contributed by atoms with Crippen LogP contribution < -0.4 is 5.32 Å². The smallest absolute Gasteiger partial charge is 0.331 e. The van der Waals surface area contributed by atoms with Crippen LogP contribution in [0.3, 0.4) is 0 Å². The van der Waals surface area contributed by atoms with E-state index in [1.54, 1.807) is 48.5 Å². The van der Waals surface area contributed by atoms with Crippen LogP contribution in [0.1, 0.15) is 37.4 Å². The molecule has 1 N–H and O–H groups in total. The van der Waals surface area contributed by atoms with Gasteiger partial charge in [-0.05, 0) is 42.0 Å². The molecule has 158 valence electrons. The minimum atomic E-state index is -0.692. The van der Waals surface area contributed by atoms with E-state index in [0.29, 0.717) is 27.4 Å². The first-order valence-corrected chi connectivity index (χ1v) is 10.0. The zero-order valence-corrected chi connectivity index (χ0v) is 17.4. The van der Waals surface area contributed by atoms with Crippen LogP contribution in [0.4, 0.5) is 5.69 Å². The molecule has 0 saturated heterocycles. The van der Waals surface area contributed by atoms with Gasteiger partial charge in [0.2, 0.25) is 0 Å². The molecule has 0 bridgehead atoms. The highest BCUT2D eigenvalue weighted by Gasteiger charge is 2.29. The number of halogens is 1. The van der Waals surface area contributed by atoms with E-state index < -0.39 is 18.5 Å². The number of benzene rings is 3. The zero-order chi connectivity index (χ0) is 22.7. The summed E-state index contributed by atoms with van der Waals surface area (Å²) >= 11 is 5.88. The van der Waals surface area contributed by atoms with Gasteiger partial charge in [-0.15, -0.1) is 0 Å². The van der Waals surface area contributed by atoms with Crippen molar-refractivity contribution in [1.29, 1.82) is 0 Å². The number of rotatable bonds is 5. The molecule has 0 unspecified atom stereocenters. The zero-order valence-electron chi connectivity index (χ0n) is 16.6. The molecule has 1 amide bonds. The summed E-state index contributed by atoms with van der Waals surface area (Å²) in [5.41, 5.74) is 2.22. The number of anilines is 1. The predicted molar refractivity (Wildman–Crippen MR) is 120 cm³/mol. The third kappa shape index (κ3) is 4.50. The fraction of sp³-hybridized carbons (Fsp3) is 0.0400. The van der Waals surface area contributed by atoms with Gasteiger partial charge >= 0.3 is 5.97 Å². The predicted octanol–water partition coefficient (Wildman–Crippen LogP) is 4.31. The summed E-state index contributed by atoms with van der Waals surface area (Å²) in [7, 11) is 0. The second-order valence-corrected chi connectivity index (χ2v) is 7.44. The first-order chi connectivity index (χ1) is 15.4. The van der Waals surface area contributed by atoms with Gasteiger partial charge < -0.3 is 10.1 Å². The van der Waals surface area contributed by atoms with E-state index in [0.717, 1.165) is 0 Å². The maximum absolute atomic E-state index is 12.8. The molecule has 0 radical (unpaired) electrons. The van der Waals surface area contributed by atoms with Crippen LogP contribution in [-0.2, 0) is 14.3 Å². The lowest BCUT2D eigenvalue weighted by atomic mass is 9.84. The van der Waals surface area contributed by atoms with E-state index in [2.05, 4.69) is 5.32 Å². The Bertz CT molecular complexity index is 1290. The fourth-order valence-electron chi connectivity index (χ4n) is 3.33. The summed E-state index contributed by atoms with van der Waals surface area (Å²) in [6.07, 6.45) is 2.72. The maximum Gasteiger partial charge on any atom is 0.331 e. The van der Waals surface area contributed by atoms with E-state index in [4.69, 9.17) is 16.3 Å². The van der Waals surface area contributed by atoms with Gasteiger partial charge in [0, 0.05) is 39.0 Å². The number of carbonyl (C=O) groups excluding carboxylic acids is 4. The molecule has 0 atom stereocenters. The highest BCUT2D eigenvalue weighted by Crippen LogP contribution is 2.29. The van der Waals surface area contributed by atoms with E-state index in [-0.39, 0.29) is 22.7 Å². The second kappa shape index (κ2) is 8.99. The number of carbonyl (C=O) groups is 4. The van der Waals surface area contributed by atoms with Gasteiger partial charge in [0.15, 0.2) is 18.2 Å². The first kappa shape index (κ1) is 21.2. The molecule has 3 aromatic rings. The van der Waals surface area contributed by atoms with Gasteiger partial charge in [-0.3, -0.25) is 14.4 Å². The normalized spacial score (nSPS) is 12.3. The topological polar surface area (TPSA) is 89.5 Å². The lowest BCUT2D eigenvalue weighted by Crippen LogP contribution is -2.23. The number of hydrogen-bond acceptors (Lipinski definition) is 5. The maximum atomic E-state index is 12.8. The van der Waals surface area contributed by atoms with Gasteiger partial charge in [0.1, 0.15) is 0 Å². The lowest BCUT2D eigenvalue weighted by Gasteiger charge is -2.18. The van der Waals surface area contributed by atoms with Gasteiger partial charge in [-0.1, -0.05) is 48.0 Å². The van der Waals surface area contributed by atoms with E-state index in [9.17, 15) is 19.2 Å². The minimum Gasteiger partial charge on any atom is -0.452 e. The quantitative estimate of drug-likeness (QED) is 0.365.